The van der Waals surface area contributed by atoms with Crippen molar-refractivity contribution in [2.24, 2.45) is 5.41 Å². The highest BCUT2D eigenvalue weighted by Gasteiger charge is 2.38. The molecule has 2 N–H and O–H groups in total. The first-order chi connectivity index (χ1) is 9.40. The molecule has 1 aromatic rings. The lowest BCUT2D eigenvalue weighted by molar-refractivity contribution is 0.530. The summed E-state index contributed by atoms with van der Waals surface area (Å²) < 4.78 is 27.8. The summed E-state index contributed by atoms with van der Waals surface area (Å²) in [6.07, 6.45) is 2.93. The monoisotopic (exact) mass is 296 g/mol. The molecule has 1 aromatic carbocycles. The third-order valence-electron chi connectivity index (χ3n) is 3.98. The van der Waals surface area contributed by atoms with Crippen LogP contribution in [0.3, 0.4) is 0 Å². The maximum Gasteiger partial charge on any atom is 0.240 e. The minimum absolute atomic E-state index is 0.169. The van der Waals surface area contributed by atoms with Crippen molar-refractivity contribution in [1.29, 1.82) is 0 Å². The Morgan fingerprint density at radius 2 is 2.00 bits per heavy atom. The molecule has 5 heteroatoms. The smallest absolute Gasteiger partial charge is 0.240 e. The number of benzene rings is 1. The number of hydrogen-bond acceptors (Lipinski definition) is 3. The van der Waals surface area contributed by atoms with Crippen molar-refractivity contribution in [2.45, 2.75) is 44.6 Å². The van der Waals surface area contributed by atoms with E-state index in [2.05, 4.69) is 17.0 Å². The summed E-state index contributed by atoms with van der Waals surface area (Å²) in [5, 5.41) is 3.05. The SMILES string of the molecule is CCc1ccc(CNC)cc1S(=O)(=O)NCC1(C)CC1. The fourth-order valence-corrected chi connectivity index (χ4v) is 3.75. The van der Waals surface area contributed by atoms with Crippen molar-refractivity contribution < 1.29 is 8.42 Å². The van der Waals surface area contributed by atoms with Crippen LogP contribution in [-0.4, -0.2) is 22.0 Å². The molecule has 0 spiro atoms. The van der Waals surface area contributed by atoms with E-state index in [1.54, 1.807) is 6.07 Å². The number of nitrogens with one attached hydrogen (secondary N) is 2. The predicted molar refractivity (Wildman–Crippen MR) is 81.1 cm³/mol. The quantitative estimate of drug-likeness (QED) is 0.809. The molecule has 1 saturated carbocycles. The summed E-state index contributed by atoms with van der Waals surface area (Å²) in [6.45, 7) is 5.31. The molecule has 20 heavy (non-hydrogen) atoms. The summed E-state index contributed by atoms with van der Waals surface area (Å²) in [4.78, 5) is 0.428. The molecule has 0 radical (unpaired) electrons. The molecule has 0 amide bonds. The van der Waals surface area contributed by atoms with E-state index in [1.807, 2.05) is 26.1 Å². The molecule has 1 aliphatic carbocycles. The largest absolute Gasteiger partial charge is 0.316 e. The molecule has 0 saturated heterocycles. The molecular weight excluding hydrogens is 272 g/mol. The van der Waals surface area contributed by atoms with E-state index >= 15 is 0 Å². The van der Waals surface area contributed by atoms with Crippen LogP contribution in [0, 0.1) is 5.41 Å². The van der Waals surface area contributed by atoms with Gasteiger partial charge in [-0.1, -0.05) is 26.0 Å². The van der Waals surface area contributed by atoms with Crippen molar-refractivity contribution in [3.8, 4) is 0 Å². The van der Waals surface area contributed by atoms with E-state index in [4.69, 9.17) is 0 Å². The summed E-state index contributed by atoms with van der Waals surface area (Å²) in [6, 6.07) is 5.68. The second-order valence-electron chi connectivity index (χ2n) is 5.96. The topological polar surface area (TPSA) is 58.2 Å². The van der Waals surface area contributed by atoms with Gasteiger partial charge in [0.1, 0.15) is 0 Å². The molecule has 0 aliphatic heterocycles. The molecule has 0 heterocycles. The van der Waals surface area contributed by atoms with Gasteiger partial charge in [0.2, 0.25) is 10.0 Å². The van der Waals surface area contributed by atoms with E-state index in [0.29, 0.717) is 24.4 Å². The molecule has 0 aromatic heterocycles. The maximum atomic E-state index is 12.5. The highest BCUT2D eigenvalue weighted by Crippen LogP contribution is 2.44. The van der Waals surface area contributed by atoms with Gasteiger partial charge in [-0.3, -0.25) is 0 Å². The van der Waals surface area contributed by atoms with Crippen LogP contribution in [0.5, 0.6) is 0 Å². The molecular formula is C15H24N2O2S. The van der Waals surface area contributed by atoms with Crippen molar-refractivity contribution >= 4 is 10.0 Å². The summed E-state index contributed by atoms with van der Waals surface area (Å²) in [7, 11) is -1.56. The standard InChI is InChI=1S/C15H24N2O2S/c1-4-13-6-5-12(10-16-3)9-14(13)20(18,19)17-11-15(2)7-8-15/h5-6,9,16-17H,4,7-8,10-11H2,1-3H3. The Balaban J connectivity index is 2.25. The zero-order valence-corrected chi connectivity index (χ0v) is 13.3. The average molecular weight is 296 g/mol. The fourth-order valence-electron chi connectivity index (χ4n) is 2.19. The Kier molecular flexibility index (Phi) is 4.52. The Hall–Kier alpha value is -0.910. The van der Waals surface area contributed by atoms with Crippen molar-refractivity contribution in [3.63, 3.8) is 0 Å². The first-order valence-electron chi connectivity index (χ1n) is 7.16. The van der Waals surface area contributed by atoms with Crippen LogP contribution in [0.15, 0.2) is 23.1 Å². The van der Waals surface area contributed by atoms with E-state index < -0.39 is 10.0 Å². The van der Waals surface area contributed by atoms with Crippen LogP contribution in [0.25, 0.3) is 0 Å². The van der Waals surface area contributed by atoms with Gasteiger partial charge in [0.15, 0.2) is 0 Å². The van der Waals surface area contributed by atoms with Crippen LogP contribution < -0.4 is 10.0 Å². The zero-order valence-electron chi connectivity index (χ0n) is 12.5. The number of aryl methyl sites for hydroxylation is 1. The molecule has 0 unspecified atom stereocenters. The van der Waals surface area contributed by atoms with Gasteiger partial charge in [-0.15, -0.1) is 0 Å². The molecule has 4 nitrogen and oxygen atoms in total. The lowest BCUT2D eigenvalue weighted by Gasteiger charge is -2.14. The summed E-state index contributed by atoms with van der Waals surface area (Å²) in [5.74, 6) is 0. The third kappa shape index (κ3) is 3.59. The van der Waals surface area contributed by atoms with Gasteiger partial charge < -0.3 is 5.32 Å². The van der Waals surface area contributed by atoms with Gasteiger partial charge in [-0.2, -0.15) is 0 Å². The highest BCUT2D eigenvalue weighted by molar-refractivity contribution is 7.89. The third-order valence-corrected chi connectivity index (χ3v) is 5.46. The Bertz CT molecular complexity index is 578. The number of hydrogen-bond donors (Lipinski definition) is 2. The van der Waals surface area contributed by atoms with Gasteiger partial charge in [-0.05, 0) is 48.9 Å². The van der Waals surface area contributed by atoms with Crippen molar-refractivity contribution in [2.75, 3.05) is 13.6 Å². The molecule has 0 atom stereocenters. The molecule has 1 aliphatic rings. The van der Waals surface area contributed by atoms with Crippen LogP contribution >= 0.6 is 0 Å². The van der Waals surface area contributed by atoms with E-state index in [0.717, 1.165) is 24.0 Å². The van der Waals surface area contributed by atoms with E-state index in [9.17, 15) is 8.42 Å². The second-order valence-corrected chi connectivity index (χ2v) is 7.70. The van der Waals surface area contributed by atoms with Gasteiger partial charge >= 0.3 is 0 Å². The Morgan fingerprint density at radius 1 is 1.30 bits per heavy atom. The molecule has 2 rings (SSSR count). The van der Waals surface area contributed by atoms with Crippen molar-refractivity contribution in [3.05, 3.63) is 29.3 Å². The molecule has 0 bridgehead atoms. The lowest BCUT2D eigenvalue weighted by atomic mass is 10.1. The predicted octanol–water partition coefficient (Wildman–Crippen LogP) is 2.05. The van der Waals surface area contributed by atoms with Crippen LogP contribution in [0.2, 0.25) is 0 Å². The van der Waals surface area contributed by atoms with Crippen LogP contribution in [0.1, 0.15) is 37.8 Å². The lowest BCUT2D eigenvalue weighted by Crippen LogP contribution is -2.30. The van der Waals surface area contributed by atoms with E-state index in [-0.39, 0.29) is 5.41 Å². The van der Waals surface area contributed by atoms with Gasteiger partial charge in [0.25, 0.3) is 0 Å². The molecule has 1 fully saturated rings. The minimum atomic E-state index is -3.41. The molecule has 112 valence electrons. The second kappa shape index (κ2) is 5.84. The maximum absolute atomic E-state index is 12.5. The Labute approximate surface area is 122 Å². The van der Waals surface area contributed by atoms with Crippen LogP contribution in [-0.2, 0) is 23.0 Å². The fraction of sp³-hybridized carbons (Fsp3) is 0.600. The Morgan fingerprint density at radius 3 is 2.55 bits per heavy atom. The summed E-state index contributed by atoms with van der Waals surface area (Å²) >= 11 is 0. The van der Waals surface area contributed by atoms with Gasteiger partial charge in [-0.25, -0.2) is 13.1 Å². The van der Waals surface area contributed by atoms with E-state index in [1.165, 1.54) is 0 Å². The highest BCUT2D eigenvalue weighted by atomic mass is 32.2. The van der Waals surface area contributed by atoms with Gasteiger partial charge in [0, 0.05) is 13.1 Å². The van der Waals surface area contributed by atoms with Crippen LogP contribution in [0.4, 0.5) is 0 Å². The average Bonchev–Trinajstić information content (AvgIpc) is 3.16. The van der Waals surface area contributed by atoms with Crippen molar-refractivity contribution in [1.82, 2.24) is 10.0 Å². The first kappa shape index (κ1) is 15.5. The number of rotatable bonds is 7. The normalized spacial score (nSPS) is 17.1. The summed E-state index contributed by atoms with van der Waals surface area (Å²) in [5.41, 5.74) is 2.03. The first-order valence-corrected chi connectivity index (χ1v) is 8.64. The minimum Gasteiger partial charge on any atom is -0.316 e. The zero-order chi connectivity index (χ0) is 14.8. The van der Waals surface area contributed by atoms with Gasteiger partial charge in [0.05, 0.1) is 4.90 Å². The number of sulfonamides is 1.